The zero-order valence-corrected chi connectivity index (χ0v) is 10.1. The number of thioether (sulfide) groups is 1. The standard InChI is InChI=1S/C12H21NOS/c13-12(11-9-15-8-7-14-11)10-5-3-1-2-4-6-10/h5,11-12H,1-4,6-9,13H2. The van der Waals surface area contributed by atoms with Crippen LogP contribution < -0.4 is 5.73 Å². The normalized spacial score (nSPS) is 30.5. The molecule has 1 heterocycles. The Balaban J connectivity index is 1.92. The molecule has 0 radical (unpaired) electrons. The molecule has 2 aliphatic rings. The molecule has 0 spiro atoms. The van der Waals surface area contributed by atoms with Gasteiger partial charge in [-0.25, -0.2) is 0 Å². The van der Waals surface area contributed by atoms with Gasteiger partial charge in [0.25, 0.3) is 0 Å². The summed E-state index contributed by atoms with van der Waals surface area (Å²) in [5.74, 6) is 2.20. The highest BCUT2D eigenvalue weighted by Crippen LogP contribution is 2.24. The highest BCUT2D eigenvalue weighted by molar-refractivity contribution is 7.99. The molecule has 1 aliphatic carbocycles. The van der Waals surface area contributed by atoms with Crippen LogP contribution in [0.25, 0.3) is 0 Å². The van der Waals surface area contributed by atoms with E-state index >= 15 is 0 Å². The molecule has 2 rings (SSSR count). The van der Waals surface area contributed by atoms with E-state index in [0.29, 0.717) is 0 Å². The minimum absolute atomic E-state index is 0.149. The lowest BCUT2D eigenvalue weighted by molar-refractivity contribution is 0.0641. The first-order valence-corrected chi connectivity index (χ1v) is 7.17. The van der Waals surface area contributed by atoms with E-state index in [9.17, 15) is 0 Å². The molecule has 1 fully saturated rings. The topological polar surface area (TPSA) is 35.2 Å². The molecule has 0 amide bonds. The van der Waals surface area contributed by atoms with Crippen LogP contribution in [0.5, 0.6) is 0 Å². The van der Waals surface area contributed by atoms with Crippen LogP contribution in [0.1, 0.15) is 32.1 Å². The lowest BCUT2D eigenvalue weighted by Gasteiger charge is -2.29. The highest BCUT2D eigenvalue weighted by Gasteiger charge is 2.24. The van der Waals surface area contributed by atoms with Gasteiger partial charge in [-0.1, -0.05) is 18.1 Å². The molecule has 3 heteroatoms. The van der Waals surface area contributed by atoms with Gasteiger partial charge in [-0.15, -0.1) is 0 Å². The summed E-state index contributed by atoms with van der Waals surface area (Å²) in [6.45, 7) is 0.871. The summed E-state index contributed by atoms with van der Waals surface area (Å²) in [5, 5.41) is 0. The molecule has 0 aromatic rings. The van der Waals surface area contributed by atoms with E-state index in [4.69, 9.17) is 10.5 Å². The number of allylic oxidation sites excluding steroid dienone is 1. The number of ether oxygens (including phenoxy) is 1. The molecule has 2 N–H and O–H groups in total. The van der Waals surface area contributed by atoms with Gasteiger partial charge >= 0.3 is 0 Å². The Morgan fingerprint density at radius 1 is 1.40 bits per heavy atom. The minimum atomic E-state index is 0.149. The monoisotopic (exact) mass is 227 g/mol. The maximum absolute atomic E-state index is 6.29. The molecular formula is C12H21NOS. The van der Waals surface area contributed by atoms with E-state index in [2.05, 4.69) is 6.08 Å². The Morgan fingerprint density at radius 2 is 2.33 bits per heavy atom. The summed E-state index contributed by atoms with van der Waals surface area (Å²) in [7, 11) is 0. The van der Waals surface area contributed by atoms with Crippen molar-refractivity contribution >= 4 is 11.8 Å². The quantitative estimate of drug-likeness (QED) is 0.735. The molecule has 0 aromatic heterocycles. The van der Waals surface area contributed by atoms with Gasteiger partial charge in [-0.05, 0) is 25.7 Å². The largest absolute Gasteiger partial charge is 0.375 e. The first-order chi connectivity index (χ1) is 7.38. The Morgan fingerprint density at radius 3 is 3.13 bits per heavy atom. The Kier molecular flexibility index (Phi) is 4.54. The van der Waals surface area contributed by atoms with Gasteiger partial charge in [-0.3, -0.25) is 0 Å². The SMILES string of the molecule is NC(C1=CCCCCC1)C1CSCCO1. The van der Waals surface area contributed by atoms with Gasteiger partial charge in [0.05, 0.1) is 18.8 Å². The van der Waals surface area contributed by atoms with Crippen molar-refractivity contribution in [1.29, 1.82) is 0 Å². The van der Waals surface area contributed by atoms with E-state index in [0.717, 1.165) is 18.1 Å². The van der Waals surface area contributed by atoms with Crippen LogP contribution in [0, 0.1) is 0 Å². The summed E-state index contributed by atoms with van der Waals surface area (Å²) in [5.41, 5.74) is 7.73. The third-order valence-electron chi connectivity index (χ3n) is 3.25. The minimum Gasteiger partial charge on any atom is -0.375 e. The second kappa shape index (κ2) is 5.92. The molecule has 1 aliphatic heterocycles. The van der Waals surface area contributed by atoms with Crippen molar-refractivity contribution in [1.82, 2.24) is 0 Å². The van der Waals surface area contributed by atoms with Crippen LogP contribution in [0.15, 0.2) is 11.6 Å². The average Bonchev–Trinajstić information content (AvgIpc) is 2.58. The van der Waals surface area contributed by atoms with Crippen molar-refractivity contribution in [2.45, 2.75) is 44.2 Å². The van der Waals surface area contributed by atoms with Gasteiger partial charge in [-0.2, -0.15) is 11.8 Å². The number of hydrogen-bond acceptors (Lipinski definition) is 3. The number of nitrogens with two attached hydrogens (primary N) is 1. The smallest absolute Gasteiger partial charge is 0.0854 e. The van der Waals surface area contributed by atoms with Crippen LogP contribution in [0.3, 0.4) is 0 Å². The average molecular weight is 227 g/mol. The molecule has 2 nitrogen and oxygen atoms in total. The lowest BCUT2D eigenvalue weighted by atomic mass is 9.99. The molecule has 2 atom stereocenters. The molecule has 1 saturated heterocycles. The molecule has 0 aromatic carbocycles. The van der Waals surface area contributed by atoms with E-state index in [1.807, 2.05) is 11.8 Å². The molecule has 0 saturated carbocycles. The van der Waals surface area contributed by atoms with Crippen LogP contribution in [-0.2, 0) is 4.74 Å². The van der Waals surface area contributed by atoms with Crippen molar-refractivity contribution in [2.75, 3.05) is 18.1 Å². The second-order valence-corrected chi connectivity index (χ2v) is 5.54. The van der Waals surface area contributed by atoms with Gasteiger partial charge in [0, 0.05) is 11.5 Å². The van der Waals surface area contributed by atoms with Crippen molar-refractivity contribution in [3.8, 4) is 0 Å². The van der Waals surface area contributed by atoms with E-state index in [1.54, 1.807) is 0 Å². The Hall–Kier alpha value is 0.01000. The van der Waals surface area contributed by atoms with Crippen LogP contribution in [0.4, 0.5) is 0 Å². The van der Waals surface area contributed by atoms with Crippen LogP contribution in [-0.4, -0.2) is 30.3 Å². The summed E-state index contributed by atoms with van der Waals surface area (Å²) in [6.07, 6.45) is 9.01. The Bertz CT molecular complexity index is 224. The van der Waals surface area contributed by atoms with Crippen molar-refractivity contribution in [2.24, 2.45) is 5.73 Å². The molecular weight excluding hydrogens is 206 g/mol. The summed E-state index contributed by atoms with van der Waals surface area (Å²) >= 11 is 1.97. The fourth-order valence-electron chi connectivity index (χ4n) is 2.29. The molecule has 86 valence electrons. The molecule has 0 bridgehead atoms. The third-order valence-corrected chi connectivity index (χ3v) is 4.27. The molecule has 15 heavy (non-hydrogen) atoms. The van der Waals surface area contributed by atoms with Gasteiger partial charge in [0.15, 0.2) is 0 Å². The summed E-state index contributed by atoms with van der Waals surface area (Å²) < 4.78 is 5.75. The molecule has 2 unspecified atom stereocenters. The second-order valence-electron chi connectivity index (χ2n) is 4.39. The van der Waals surface area contributed by atoms with Crippen LogP contribution >= 0.6 is 11.8 Å². The summed E-state index contributed by atoms with van der Waals surface area (Å²) in [4.78, 5) is 0. The fourth-order valence-corrected chi connectivity index (χ4v) is 3.21. The fraction of sp³-hybridized carbons (Fsp3) is 0.833. The van der Waals surface area contributed by atoms with Crippen molar-refractivity contribution < 1.29 is 4.74 Å². The predicted octanol–water partition coefficient (Wildman–Crippen LogP) is 2.34. The van der Waals surface area contributed by atoms with Crippen molar-refractivity contribution in [3.05, 3.63) is 11.6 Å². The highest BCUT2D eigenvalue weighted by atomic mass is 32.2. The Labute approximate surface area is 96.6 Å². The zero-order valence-electron chi connectivity index (χ0n) is 9.28. The van der Waals surface area contributed by atoms with E-state index in [1.165, 1.54) is 37.7 Å². The van der Waals surface area contributed by atoms with E-state index in [-0.39, 0.29) is 12.1 Å². The van der Waals surface area contributed by atoms with Gasteiger partial charge < -0.3 is 10.5 Å². The van der Waals surface area contributed by atoms with Gasteiger partial charge in [0.2, 0.25) is 0 Å². The van der Waals surface area contributed by atoms with Crippen molar-refractivity contribution in [3.63, 3.8) is 0 Å². The zero-order chi connectivity index (χ0) is 10.5. The first-order valence-electron chi connectivity index (χ1n) is 6.02. The van der Waals surface area contributed by atoms with Gasteiger partial charge in [0.1, 0.15) is 0 Å². The maximum atomic E-state index is 6.29. The lowest BCUT2D eigenvalue weighted by Crippen LogP contribution is -2.42. The third kappa shape index (κ3) is 3.23. The van der Waals surface area contributed by atoms with Crippen LogP contribution in [0.2, 0.25) is 0 Å². The summed E-state index contributed by atoms with van der Waals surface area (Å²) in [6, 6.07) is 0.149. The first kappa shape index (κ1) is 11.5. The predicted molar refractivity (Wildman–Crippen MR) is 66.2 cm³/mol. The maximum Gasteiger partial charge on any atom is 0.0854 e. The van der Waals surface area contributed by atoms with E-state index < -0.39 is 0 Å². The number of hydrogen-bond donors (Lipinski definition) is 1. The number of rotatable bonds is 2.